The Labute approximate surface area is 106 Å². The first-order valence-electron chi connectivity index (χ1n) is 4.88. The third-order valence-electron chi connectivity index (χ3n) is 2.32. The maximum Gasteiger partial charge on any atom is 0.0494 e. The number of benzene rings is 1. The van der Waals surface area contributed by atoms with Gasteiger partial charge in [0.2, 0.25) is 0 Å². The van der Waals surface area contributed by atoms with Gasteiger partial charge in [0, 0.05) is 22.8 Å². The predicted molar refractivity (Wildman–Crippen MR) is 74.5 cm³/mol. The van der Waals surface area contributed by atoms with Crippen LogP contribution in [0.1, 0.15) is 10.4 Å². The van der Waals surface area contributed by atoms with Gasteiger partial charge in [-0.15, -0.1) is 23.7 Å². The van der Waals surface area contributed by atoms with E-state index in [1.165, 1.54) is 4.88 Å². The number of nitrogens with two attached hydrogens (primary N) is 1. The summed E-state index contributed by atoms with van der Waals surface area (Å²) in [7, 11) is 0. The molecule has 1 heterocycles. The van der Waals surface area contributed by atoms with Gasteiger partial charge >= 0.3 is 0 Å². The minimum absolute atomic E-state index is 0. The molecule has 4 heteroatoms. The van der Waals surface area contributed by atoms with Gasteiger partial charge in [0.1, 0.15) is 0 Å². The number of aryl methyl sites for hydroxylation is 1. The first-order chi connectivity index (χ1) is 7.25. The highest BCUT2D eigenvalue weighted by atomic mass is 35.5. The SMILES string of the molecule is Cc1cc(NCc2cccs2)ccc1N.Cl. The summed E-state index contributed by atoms with van der Waals surface area (Å²) in [6.45, 7) is 2.90. The Morgan fingerprint density at radius 3 is 2.75 bits per heavy atom. The van der Waals surface area contributed by atoms with E-state index in [0.717, 1.165) is 23.5 Å². The molecule has 0 radical (unpaired) electrons. The average molecular weight is 255 g/mol. The molecule has 86 valence electrons. The Morgan fingerprint density at radius 2 is 2.12 bits per heavy atom. The molecule has 2 nitrogen and oxygen atoms in total. The molecule has 0 saturated heterocycles. The molecule has 0 spiro atoms. The molecular formula is C12H15ClN2S. The van der Waals surface area contributed by atoms with Gasteiger partial charge in [-0.1, -0.05) is 6.07 Å². The molecule has 3 N–H and O–H groups in total. The van der Waals surface area contributed by atoms with Crippen LogP contribution >= 0.6 is 23.7 Å². The van der Waals surface area contributed by atoms with Crippen molar-refractivity contribution in [3.05, 3.63) is 46.2 Å². The van der Waals surface area contributed by atoms with Crippen molar-refractivity contribution >= 4 is 35.1 Å². The normalized spacial score (nSPS) is 9.56. The van der Waals surface area contributed by atoms with E-state index in [9.17, 15) is 0 Å². The zero-order valence-corrected chi connectivity index (χ0v) is 10.7. The molecule has 0 unspecified atom stereocenters. The Bertz CT molecular complexity index is 440. The average Bonchev–Trinajstić information content (AvgIpc) is 2.73. The van der Waals surface area contributed by atoms with Gasteiger partial charge in [-0.05, 0) is 42.1 Å². The lowest BCUT2D eigenvalue weighted by Gasteiger charge is -2.07. The van der Waals surface area contributed by atoms with Gasteiger partial charge in [0.15, 0.2) is 0 Å². The second-order valence-electron chi connectivity index (χ2n) is 3.50. The summed E-state index contributed by atoms with van der Waals surface area (Å²) in [4.78, 5) is 1.34. The lowest BCUT2D eigenvalue weighted by molar-refractivity contribution is 1.19. The largest absolute Gasteiger partial charge is 0.399 e. The number of nitrogen functional groups attached to an aromatic ring is 1. The van der Waals surface area contributed by atoms with Crippen molar-refractivity contribution < 1.29 is 0 Å². The highest BCUT2D eigenvalue weighted by Gasteiger charge is 1.97. The van der Waals surface area contributed by atoms with E-state index in [2.05, 4.69) is 28.9 Å². The highest BCUT2D eigenvalue weighted by molar-refractivity contribution is 7.09. The van der Waals surface area contributed by atoms with E-state index in [1.807, 2.05) is 19.1 Å². The van der Waals surface area contributed by atoms with Gasteiger partial charge in [0.05, 0.1) is 0 Å². The Balaban J connectivity index is 0.00000128. The number of thiophene rings is 1. The van der Waals surface area contributed by atoms with Crippen LogP contribution in [-0.2, 0) is 6.54 Å². The molecule has 0 bridgehead atoms. The summed E-state index contributed by atoms with van der Waals surface area (Å²) in [5.41, 5.74) is 8.84. The number of anilines is 2. The molecule has 0 amide bonds. The smallest absolute Gasteiger partial charge is 0.0494 e. The predicted octanol–water partition coefficient (Wildman–Crippen LogP) is 3.67. The molecule has 0 aliphatic heterocycles. The van der Waals surface area contributed by atoms with Crippen LogP contribution in [0, 0.1) is 6.92 Å². The summed E-state index contributed by atoms with van der Waals surface area (Å²) in [6, 6.07) is 10.2. The minimum atomic E-state index is 0. The van der Waals surface area contributed by atoms with Crippen LogP contribution in [0.4, 0.5) is 11.4 Å². The topological polar surface area (TPSA) is 38.0 Å². The standard InChI is InChI=1S/C12H14N2S.ClH/c1-9-7-10(4-5-12(9)13)14-8-11-3-2-6-15-11;/h2-7,14H,8,13H2,1H3;1H. The number of rotatable bonds is 3. The Morgan fingerprint density at radius 1 is 1.31 bits per heavy atom. The van der Waals surface area contributed by atoms with E-state index in [0.29, 0.717) is 0 Å². The third kappa shape index (κ3) is 3.15. The fraction of sp³-hybridized carbons (Fsp3) is 0.167. The zero-order chi connectivity index (χ0) is 10.7. The molecule has 0 aliphatic rings. The maximum absolute atomic E-state index is 5.75. The summed E-state index contributed by atoms with van der Waals surface area (Å²) >= 11 is 1.76. The summed E-state index contributed by atoms with van der Waals surface area (Å²) < 4.78 is 0. The van der Waals surface area contributed by atoms with Gasteiger partial charge in [-0.3, -0.25) is 0 Å². The quantitative estimate of drug-likeness (QED) is 0.821. The third-order valence-corrected chi connectivity index (χ3v) is 3.19. The lowest BCUT2D eigenvalue weighted by Crippen LogP contribution is -1.98. The Hall–Kier alpha value is -1.19. The molecule has 0 aliphatic carbocycles. The van der Waals surface area contributed by atoms with Gasteiger partial charge in [-0.2, -0.15) is 0 Å². The molecule has 16 heavy (non-hydrogen) atoms. The summed E-state index contributed by atoms with van der Waals surface area (Å²) in [5.74, 6) is 0. The number of halogens is 1. The molecule has 2 aromatic rings. The van der Waals surface area contributed by atoms with Crippen LogP contribution < -0.4 is 11.1 Å². The van der Waals surface area contributed by atoms with Crippen molar-refractivity contribution in [2.24, 2.45) is 0 Å². The minimum Gasteiger partial charge on any atom is -0.399 e. The van der Waals surface area contributed by atoms with E-state index < -0.39 is 0 Å². The second kappa shape index (κ2) is 5.77. The van der Waals surface area contributed by atoms with Crippen molar-refractivity contribution in [1.29, 1.82) is 0 Å². The number of nitrogens with one attached hydrogen (secondary N) is 1. The van der Waals surface area contributed by atoms with Crippen molar-refractivity contribution in [2.45, 2.75) is 13.5 Å². The van der Waals surface area contributed by atoms with E-state index in [-0.39, 0.29) is 12.4 Å². The van der Waals surface area contributed by atoms with Crippen LogP contribution in [0.15, 0.2) is 35.7 Å². The molecule has 2 rings (SSSR count). The highest BCUT2D eigenvalue weighted by Crippen LogP contribution is 2.18. The lowest BCUT2D eigenvalue weighted by atomic mass is 10.2. The second-order valence-corrected chi connectivity index (χ2v) is 4.54. The van der Waals surface area contributed by atoms with Gasteiger partial charge < -0.3 is 11.1 Å². The first-order valence-corrected chi connectivity index (χ1v) is 5.76. The van der Waals surface area contributed by atoms with E-state index in [1.54, 1.807) is 11.3 Å². The molecule has 0 fully saturated rings. The van der Waals surface area contributed by atoms with Crippen molar-refractivity contribution in [3.8, 4) is 0 Å². The molecular weight excluding hydrogens is 240 g/mol. The van der Waals surface area contributed by atoms with Crippen molar-refractivity contribution in [3.63, 3.8) is 0 Å². The molecule has 0 saturated carbocycles. The van der Waals surface area contributed by atoms with Crippen LogP contribution in [0.25, 0.3) is 0 Å². The fourth-order valence-corrected chi connectivity index (χ4v) is 2.03. The van der Waals surface area contributed by atoms with Crippen LogP contribution in [0.3, 0.4) is 0 Å². The van der Waals surface area contributed by atoms with Crippen molar-refractivity contribution in [2.75, 3.05) is 11.1 Å². The molecule has 1 aromatic carbocycles. The summed E-state index contributed by atoms with van der Waals surface area (Å²) in [6.07, 6.45) is 0. The molecule has 0 atom stereocenters. The monoisotopic (exact) mass is 254 g/mol. The van der Waals surface area contributed by atoms with Gasteiger partial charge in [-0.25, -0.2) is 0 Å². The number of hydrogen-bond acceptors (Lipinski definition) is 3. The van der Waals surface area contributed by atoms with Gasteiger partial charge in [0.25, 0.3) is 0 Å². The summed E-state index contributed by atoms with van der Waals surface area (Å²) in [5, 5.41) is 5.46. The van der Waals surface area contributed by atoms with Crippen LogP contribution in [0.5, 0.6) is 0 Å². The molecule has 1 aromatic heterocycles. The van der Waals surface area contributed by atoms with Crippen molar-refractivity contribution in [1.82, 2.24) is 0 Å². The Kier molecular flexibility index (Phi) is 4.65. The zero-order valence-electron chi connectivity index (χ0n) is 9.07. The maximum atomic E-state index is 5.75. The fourth-order valence-electron chi connectivity index (χ4n) is 1.39. The first kappa shape index (κ1) is 12.9. The number of hydrogen-bond donors (Lipinski definition) is 2. The van der Waals surface area contributed by atoms with Crippen LogP contribution in [-0.4, -0.2) is 0 Å². The van der Waals surface area contributed by atoms with E-state index in [4.69, 9.17) is 5.73 Å². The van der Waals surface area contributed by atoms with E-state index >= 15 is 0 Å². The van der Waals surface area contributed by atoms with Crippen LogP contribution in [0.2, 0.25) is 0 Å².